The fourth-order valence-electron chi connectivity index (χ4n) is 1.97. The van der Waals surface area contributed by atoms with Crippen molar-refractivity contribution in [1.29, 1.82) is 0 Å². The molecule has 2 aromatic carbocycles. The highest BCUT2D eigenvalue weighted by Crippen LogP contribution is 2.23. The molecule has 3 heteroatoms. The molecule has 0 aliphatic carbocycles. The van der Waals surface area contributed by atoms with Crippen molar-refractivity contribution in [3.8, 4) is 0 Å². The van der Waals surface area contributed by atoms with Crippen molar-refractivity contribution in [2.75, 3.05) is 24.3 Å². The van der Waals surface area contributed by atoms with Gasteiger partial charge in [0.2, 0.25) is 0 Å². The van der Waals surface area contributed by atoms with Crippen LogP contribution >= 0.6 is 15.9 Å². The Morgan fingerprint density at radius 3 is 2.32 bits per heavy atom. The molecule has 0 radical (unpaired) electrons. The maximum Gasteiger partial charge on any atom is 0.0486 e. The van der Waals surface area contributed by atoms with Gasteiger partial charge in [-0.1, -0.05) is 28.1 Å². The number of benzene rings is 2. The van der Waals surface area contributed by atoms with Gasteiger partial charge in [0.25, 0.3) is 0 Å². The van der Waals surface area contributed by atoms with Crippen LogP contribution in [0.2, 0.25) is 0 Å². The lowest BCUT2D eigenvalue weighted by Crippen LogP contribution is -2.09. The van der Waals surface area contributed by atoms with Gasteiger partial charge in [0.1, 0.15) is 0 Å². The number of hydrogen-bond acceptors (Lipinski definition) is 2. The van der Waals surface area contributed by atoms with Crippen LogP contribution in [0.5, 0.6) is 0 Å². The maximum atomic E-state index is 3.51. The highest BCUT2D eigenvalue weighted by atomic mass is 79.9. The minimum absolute atomic E-state index is 0.280. The molecule has 0 bridgehead atoms. The molecule has 0 amide bonds. The summed E-state index contributed by atoms with van der Waals surface area (Å²) >= 11 is 3.51. The van der Waals surface area contributed by atoms with E-state index >= 15 is 0 Å². The molecule has 0 fully saturated rings. The van der Waals surface area contributed by atoms with E-state index in [1.54, 1.807) is 0 Å². The predicted octanol–water partition coefficient (Wildman–Crippen LogP) is 4.69. The van der Waals surface area contributed by atoms with Crippen LogP contribution in [0.25, 0.3) is 0 Å². The van der Waals surface area contributed by atoms with Crippen molar-refractivity contribution in [3.05, 3.63) is 58.6 Å². The molecule has 0 spiro atoms. The summed E-state index contributed by atoms with van der Waals surface area (Å²) in [5, 5.41) is 3.51. The van der Waals surface area contributed by atoms with Crippen LogP contribution in [-0.2, 0) is 0 Å². The molecule has 0 heterocycles. The van der Waals surface area contributed by atoms with Crippen LogP contribution in [0.3, 0.4) is 0 Å². The van der Waals surface area contributed by atoms with Crippen LogP contribution in [0, 0.1) is 0 Å². The lowest BCUT2D eigenvalue weighted by atomic mass is 10.1. The highest BCUT2D eigenvalue weighted by Gasteiger charge is 2.05. The third kappa shape index (κ3) is 3.74. The third-order valence-electron chi connectivity index (χ3n) is 3.12. The standard InChI is InChI=1S/C16H19BrN2/c1-12(13-5-4-6-14(17)11-13)18-15-7-9-16(10-8-15)19(2)3/h4-12,18H,1-3H3. The average molecular weight is 319 g/mol. The molecule has 2 rings (SSSR count). The molecule has 100 valence electrons. The molecule has 0 saturated heterocycles. The quantitative estimate of drug-likeness (QED) is 0.879. The van der Waals surface area contributed by atoms with Crippen LogP contribution in [0.4, 0.5) is 11.4 Å². The zero-order valence-corrected chi connectivity index (χ0v) is 13.1. The van der Waals surface area contributed by atoms with E-state index in [4.69, 9.17) is 0 Å². The fraction of sp³-hybridized carbons (Fsp3) is 0.250. The normalized spacial score (nSPS) is 12.0. The molecule has 0 aliphatic rings. The Morgan fingerprint density at radius 2 is 1.74 bits per heavy atom. The first-order chi connectivity index (χ1) is 9.06. The summed E-state index contributed by atoms with van der Waals surface area (Å²) in [5.41, 5.74) is 3.62. The Hall–Kier alpha value is -1.48. The zero-order valence-electron chi connectivity index (χ0n) is 11.5. The van der Waals surface area contributed by atoms with Crippen molar-refractivity contribution in [3.63, 3.8) is 0 Å². The second-order valence-corrected chi connectivity index (χ2v) is 5.78. The van der Waals surface area contributed by atoms with E-state index in [0.29, 0.717) is 0 Å². The first-order valence-corrected chi connectivity index (χ1v) is 7.15. The lowest BCUT2D eigenvalue weighted by Gasteiger charge is -2.17. The van der Waals surface area contributed by atoms with Crippen LogP contribution < -0.4 is 10.2 Å². The van der Waals surface area contributed by atoms with Gasteiger partial charge in [-0.25, -0.2) is 0 Å². The Morgan fingerprint density at radius 1 is 1.05 bits per heavy atom. The van der Waals surface area contributed by atoms with Crippen molar-refractivity contribution in [1.82, 2.24) is 0 Å². The lowest BCUT2D eigenvalue weighted by molar-refractivity contribution is 0.884. The second kappa shape index (κ2) is 6.11. The number of nitrogens with zero attached hydrogens (tertiary/aromatic N) is 1. The molecule has 19 heavy (non-hydrogen) atoms. The van der Waals surface area contributed by atoms with Gasteiger partial charge in [0.05, 0.1) is 0 Å². The van der Waals surface area contributed by atoms with E-state index in [2.05, 4.69) is 75.5 Å². The molecular formula is C16H19BrN2. The molecule has 0 aliphatic heterocycles. The Bertz CT molecular complexity index is 535. The molecule has 1 unspecified atom stereocenters. The minimum atomic E-state index is 0.280. The van der Waals surface area contributed by atoms with Crippen molar-refractivity contribution < 1.29 is 0 Å². The van der Waals surface area contributed by atoms with Gasteiger partial charge in [-0.15, -0.1) is 0 Å². The van der Waals surface area contributed by atoms with Gasteiger partial charge in [-0.05, 0) is 48.9 Å². The smallest absolute Gasteiger partial charge is 0.0486 e. The molecule has 0 saturated carbocycles. The summed E-state index contributed by atoms with van der Waals surface area (Å²) in [6, 6.07) is 17.1. The first-order valence-electron chi connectivity index (χ1n) is 6.35. The number of nitrogens with one attached hydrogen (secondary N) is 1. The minimum Gasteiger partial charge on any atom is -0.379 e. The van der Waals surface area contributed by atoms with Gasteiger partial charge in [-0.2, -0.15) is 0 Å². The van der Waals surface area contributed by atoms with Gasteiger partial charge in [0, 0.05) is 36.0 Å². The zero-order chi connectivity index (χ0) is 13.8. The number of halogens is 1. The highest BCUT2D eigenvalue weighted by molar-refractivity contribution is 9.10. The van der Waals surface area contributed by atoms with E-state index in [0.717, 1.165) is 10.2 Å². The summed E-state index contributed by atoms with van der Waals surface area (Å²) in [6.07, 6.45) is 0. The molecule has 2 nitrogen and oxygen atoms in total. The van der Waals surface area contributed by atoms with Crippen LogP contribution in [0.15, 0.2) is 53.0 Å². The van der Waals surface area contributed by atoms with Gasteiger partial charge < -0.3 is 10.2 Å². The van der Waals surface area contributed by atoms with Gasteiger partial charge in [0.15, 0.2) is 0 Å². The molecule has 0 aromatic heterocycles. The SMILES string of the molecule is CC(Nc1ccc(N(C)C)cc1)c1cccc(Br)c1. The molecular weight excluding hydrogens is 300 g/mol. The number of rotatable bonds is 4. The Kier molecular flexibility index (Phi) is 4.48. The Balaban J connectivity index is 2.08. The van der Waals surface area contributed by atoms with Crippen molar-refractivity contribution >= 4 is 27.3 Å². The summed E-state index contributed by atoms with van der Waals surface area (Å²) in [7, 11) is 4.10. The molecule has 2 aromatic rings. The second-order valence-electron chi connectivity index (χ2n) is 4.86. The van der Waals surface area contributed by atoms with Crippen molar-refractivity contribution in [2.45, 2.75) is 13.0 Å². The first kappa shape index (κ1) is 13.9. The topological polar surface area (TPSA) is 15.3 Å². The van der Waals surface area contributed by atoms with Crippen LogP contribution in [0.1, 0.15) is 18.5 Å². The molecule has 1 N–H and O–H groups in total. The largest absolute Gasteiger partial charge is 0.379 e. The predicted molar refractivity (Wildman–Crippen MR) is 86.9 cm³/mol. The van der Waals surface area contributed by atoms with Crippen molar-refractivity contribution in [2.24, 2.45) is 0 Å². The summed E-state index contributed by atoms with van der Waals surface area (Å²) in [5.74, 6) is 0. The summed E-state index contributed by atoms with van der Waals surface area (Å²) < 4.78 is 1.11. The monoisotopic (exact) mass is 318 g/mol. The van der Waals surface area contributed by atoms with Gasteiger partial charge in [-0.3, -0.25) is 0 Å². The summed E-state index contributed by atoms with van der Waals surface area (Å²) in [6.45, 7) is 2.17. The maximum absolute atomic E-state index is 3.51. The van der Waals surface area contributed by atoms with Crippen LogP contribution in [-0.4, -0.2) is 14.1 Å². The van der Waals surface area contributed by atoms with E-state index < -0.39 is 0 Å². The number of hydrogen-bond donors (Lipinski definition) is 1. The van der Waals surface area contributed by atoms with E-state index in [1.165, 1.54) is 11.3 Å². The fourth-order valence-corrected chi connectivity index (χ4v) is 2.38. The average Bonchev–Trinajstić information content (AvgIpc) is 2.39. The third-order valence-corrected chi connectivity index (χ3v) is 3.61. The molecule has 1 atom stereocenters. The number of anilines is 2. The Labute approximate surface area is 123 Å². The summed E-state index contributed by atoms with van der Waals surface area (Å²) in [4.78, 5) is 2.10. The van der Waals surface area contributed by atoms with E-state index in [1.807, 2.05) is 20.2 Å². The van der Waals surface area contributed by atoms with E-state index in [9.17, 15) is 0 Å². The van der Waals surface area contributed by atoms with E-state index in [-0.39, 0.29) is 6.04 Å². The van der Waals surface area contributed by atoms with Gasteiger partial charge >= 0.3 is 0 Å².